The van der Waals surface area contributed by atoms with Crippen molar-refractivity contribution in [3.8, 4) is 6.07 Å². The summed E-state index contributed by atoms with van der Waals surface area (Å²) in [6.45, 7) is 1.83. The minimum atomic E-state index is -0.497. The van der Waals surface area contributed by atoms with Crippen molar-refractivity contribution in [1.82, 2.24) is 9.97 Å². The molecule has 2 aromatic rings. The topological polar surface area (TPSA) is 73.6 Å². The van der Waals surface area contributed by atoms with Gasteiger partial charge in [0.1, 0.15) is 23.8 Å². The number of halogens is 1. The molecule has 5 nitrogen and oxygen atoms in total. The van der Waals surface area contributed by atoms with Gasteiger partial charge in [0.15, 0.2) is 0 Å². The predicted octanol–water partition coefficient (Wildman–Crippen LogP) is 2.58. The van der Waals surface area contributed by atoms with E-state index in [2.05, 4.69) is 20.6 Å². The van der Waals surface area contributed by atoms with Gasteiger partial charge >= 0.3 is 0 Å². The van der Waals surface area contributed by atoms with E-state index in [9.17, 15) is 4.39 Å². The Morgan fingerprint density at radius 1 is 1.26 bits per heavy atom. The Labute approximate surface area is 110 Å². The monoisotopic (exact) mass is 257 g/mol. The third-order valence-corrected chi connectivity index (χ3v) is 2.67. The number of nitrogens with one attached hydrogen (secondary N) is 2. The van der Waals surface area contributed by atoms with Crippen LogP contribution in [-0.2, 0) is 0 Å². The molecule has 0 spiro atoms. The minimum Gasteiger partial charge on any atom is -0.373 e. The van der Waals surface area contributed by atoms with Gasteiger partial charge in [0.2, 0.25) is 0 Å². The zero-order chi connectivity index (χ0) is 13.8. The van der Waals surface area contributed by atoms with Gasteiger partial charge in [-0.2, -0.15) is 5.26 Å². The zero-order valence-electron chi connectivity index (χ0n) is 10.5. The fourth-order valence-electron chi connectivity index (χ4n) is 1.64. The van der Waals surface area contributed by atoms with E-state index >= 15 is 0 Å². The van der Waals surface area contributed by atoms with E-state index in [1.807, 2.05) is 13.0 Å². The molecule has 0 saturated carbocycles. The first kappa shape index (κ1) is 12.8. The Balaban J connectivity index is 2.34. The summed E-state index contributed by atoms with van der Waals surface area (Å²) in [4.78, 5) is 8.12. The molecule has 0 unspecified atom stereocenters. The molecule has 0 aliphatic heterocycles. The van der Waals surface area contributed by atoms with Crippen molar-refractivity contribution < 1.29 is 4.39 Å². The second-order valence-corrected chi connectivity index (χ2v) is 3.88. The number of anilines is 3. The quantitative estimate of drug-likeness (QED) is 0.884. The highest BCUT2D eigenvalue weighted by molar-refractivity contribution is 5.65. The maximum atomic E-state index is 13.8. The van der Waals surface area contributed by atoms with Crippen LogP contribution in [0.15, 0.2) is 24.5 Å². The molecule has 0 bridgehead atoms. The zero-order valence-corrected chi connectivity index (χ0v) is 10.5. The summed E-state index contributed by atoms with van der Waals surface area (Å²) in [5.74, 6) is 0.692. The van der Waals surface area contributed by atoms with Crippen LogP contribution in [0.3, 0.4) is 0 Å². The molecule has 0 amide bonds. The van der Waals surface area contributed by atoms with E-state index in [0.717, 1.165) is 5.56 Å². The Bertz CT molecular complexity index is 648. The molecule has 1 aromatic carbocycles. The van der Waals surface area contributed by atoms with Crippen molar-refractivity contribution in [2.75, 3.05) is 17.7 Å². The molecule has 0 aliphatic carbocycles. The molecule has 19 heavy (non-hydrogen) atoms. The smallest absolute Gasteiger partial charge is 0.147 e. The standard InChI is InChI=1S/C13H12FN5/c1-8-12(16-2)17-7-18-13(8)19-11-4-3-9(6-15)5-10(11)14/h3-5,7H,1-2H3,(H2,16,17,18,19). The van der Waals surface area contributed by atoms with Gasteiger partial charge in [-0.3, -0.25) is 0 Å². The van der Waals surface area contributed by atoms with Gasteiger partial charge in [-0.25, -0.2) is 14.4 Å². The average Bonchev–Trinajstić information content (AvgIpc) is 2.43. The minimum absolute atomic E-state index is 0.267. The number of hydrogen-bond donors (Lipinski definition) is 2. The maximum Gasteiger partial charge on any atom is 0.147 e. The first-order valence-electron chi connectivity index (χ1n) is 5.61. The van der Waals surface area contributed by atoms with Crippen LogP contribution in [-0.4, -0.2) is 17.0 Å². The molecule has 1 aromatic heterocycles. The molecule has 0 fully saturated rings. The molecule has 0 aliphatic rings. The molecule has 0 saturated heterocycles. The summed E-state index contributed by atoms with van der Waals surface area (Å²) >= 11 is 0. The van der Waals surface area contributed by atoms with Crippen LogP contribution in [0.4, 0.5) is 21.7 Å². The van der Waals surface area contributed by atoms with Crippen molar-refractivity contribution in [2.24, 2.45) is 0 Å². The van der Waals surface area contributed by atoms with E-state index < -0.39 is 5.82 Å². The van der Waals surface area contributed by atoms with Crippen molar-refractivity contribution in [2.45, 2.75) is 6.92 Å². The van der Waals surface area contributed by atoms with E-state index in [4.69, 9.17) is 5.26 Å². The normalized spacial score (nSPS) is 9.79. The lowest BCUT2D eigenvalue weighted by Gasteiger charge is -2.11. The highest BCUT2D eigenvalue weighted by Gasteiger charge is 2.09. The molecule has 1 heterocycles. The number of hydrogen-bond acceptors (Lipinski definition) is 5. The highest BCUT2D eigenvalue weighted by Crippen LogP contribution is 2.24. The fraction of sp³-hybridized carbons (Fsp3) is 0.154. The molecule has 6 heteroatoms. The lowest BCUT2D eigenvalue weighted by atomic mass is 10.2. The second-order valence-electron chi connectivity index (χ2n) is 3.88. The summed E-state index contributed by atoms with van der Waals surface area (Å²) in [5.41, 5.74) is 1.33. The third kappa shape index (κ3) is 2.60. The Kier molecular flexibility index (Phi) is 3.57. The van der Waals surface area contributed by atoms with Gasteiger partial charge in [-0.1, -0.05) is 0 Å². The summed E-state index contributed by atoms with van der Waals surface area (Å²) in [5, 5.41) is 14.5. The molecule has 0 atom stereocenters. The SMILES string of the molecule is CNc1ncnc(Nc2ccc(C#N)cc2F)c1C. The predicted molar refractivity (Wildman–Crippen MR) is 70.7 cm³/mol. The number of benzene rings is 1. The Hall–Kier alpha value is -2.68. The summed E-state index contributed by atoms with van der Waals surface area (Å²) < 4.78 is 13.8. The van der Waals surface area contributed by atoms with E-state index in [1.165, 1.54) is 18.5 Å². The molecular weight excluding hydrogens is 245 g/mol. The first-order chi connectivity index (χ1) is 9.15. The van der Waals surface area contributed by atoms with Gasteiger partial charge in [0, 0.05) is 12.6 Å². The Morgan fingerprint density at radius 3 is 2.63 bits per heavy atom. The van der Waals surface area contributed by atoms with Crippen molar-refractivity contribution in [3.05, 3.63) is 41.5 Å². The van der Waals surface area contributed by atoms with Gasteiger partial charge in [0.25, 0.3) is 0 Å². The molecule has 0 radical (unpaired) electrons. The van der Waals surface area contributed by atoms with Crippen LogP contribution in [0, 0.1) is 24.1 Å². The average molecular weight is 257 g/mol. The lowest BCUT2D eigenvalue weighted by Crippen LogP contribution is -2.03. The highest BCUT2D eigenvalue weighted by atomic mass is 19.1. The van der Waals surface area contributed by atoms with Crippen LogP contribution in [0.1, 0.15) is 11.1 Å². The third-order valence-electron chi connectivity index (χ3n) is 2.67. The van der Waals surface area contributed by atoms with E-state index in [1.54, 1.807) is 13.1 Å². The largest absolute Gasteiger partial charge is 0.373 e. The summed E-state index contributed by atoms with van der Waals surface area (Å²) in [6, 6.07) is 6.11. The fourth-order valence-corrected chi connectivity index (χ4v) is 1.64. The van der Waals surface area contributed by atoms with Gasteiger partial charge in [-0.15, -0.1) is 0 Å². The van der Waals surface area contributed by atoms with Crippen molar-refractivity contribution in [1.29, 1.82) is 5.26 Å². The van der Waals surface area contributed by atoms with Crippen LogP contribution in [0.5, 0.6) is 0 Å². The van der Waals surface area contributed by atoms with Crippen molar-refractivity contribution in [3.63, 3.8) is 0 Å². The molecule has 96 valence electrons. The lowest BCUT2D eigenvalue weighted by molar-refractivity contribution is 0.631. The number of nitriles is 1. The van der Waals surface area contributed by atoms with Gasteiger partial charge in [-0.05, 0) is 25.1 Å². The summed E-state index contributed by atoms with van der Waals surface area (Å²) in [7, 11) is 1.75. The second kappa shape index (κ2) is 5.31. The van der Waals surface area contributed by atoms with Crippen molar-refractivity contribution >= 4 is 17.3 Å². The number of nitrogens with zero attached hydrogens (tertiary/aromatic N) is 3. The van der Waals surface area contributed by atoms with Gasteiger partial charge < -0.3 is 10.6 Å². The van der Waals surface area contributed by atoms with Gasteiger partial charge in [0.05, 0.1) is 17.3 Å². The molecule has 2 N–H and O–H groups in total. The maximum absolute atomic E-state index is 13.8. The number of aromatic nitrogens is 2. The van der Waals surface area contributed by atoms with Crippen LogP contribution in [0.25, 0.3) is 0 Å². The Morgan fingerprint density at radius 2 is 2.00 bits per heavy atom. The van der Waals surface area contributed by atoms with E-state index in [-0.39, 0.29) is 11.3 Å². The number of rotatable bonds is 3. The van der Waals surface area contributed by atoms with Crippen LogP contribution in [0.2, 0.25) is 0 Å². The van der Waals surface area contributed by atoms with E-state index in [0.29, 0.717) is 11.6 Å². The molecule has 2 rings (SSSR count). The summed E-state index contributed by atoms with van der Waals surface area (Å²) in [6.07, 6.45) is 1.39. The van der Waals surface area contributed by atoms with Crippen LogP contribution >= 0.6 is 0 Å². The molecular formula is C13H12FN5. The first-order valence-corrected chi connectivity index (χ1v) is 5.61. The van der Waals surface area contributed by atoms with Crippen LogP contribution < -0.4 is 10.6 Å².